The molecule has 0 bridgehead atoms. The summed E-state index contributed by atoms with van der Waals surface area (Å²) < 4.78 is 1.96. The number of aromatic nitrogens is 2. The van der Waals surface area contributed by atoms with Gasteiger partial charge < -0.3 is 14.8 Å². The summed E-state index contributed by atoms with van der Waals surface area (Å²) in [5.74, 6) is 0.0862. The molecule has 20 heavy (non-hydrogen) atoms. The summed E-state index contributed by atoms with van der Waals surface area (Å²) in [6.07, 6.45) is 0.569. The Morgan fingerprint density at radius 1 is 1.35 bits per heavy atom. The molecule has 2 N–H and O–H groups in total. The zero-order chi connectivity index (χ0) is 14.9. The predicted octanol–water partition coefficient (Wildman–Crippen LogP) is 2.80. The van der Waals surface area contributed by atoms with Crippen molar-refractivity contribution in [3.63, 3.8) is 0 Å². The average molecular weight is 276 g/mol. The number of carbonyl (C=O) groups is 1. The van der Waals surface area contributed by atoms with Crippen LogP contribution in [0.1, 0.15) is 55.3 Å². The normalized spacial score (nSPS) is 13.1. The van der Waals surface area contributed by atoms with E-state index in [-0.39, 0.29) is 24.1 Å². The Morgan fingerprint density at radius 3 is 2.60 bits per heavy atom. The molecule has 1 heterocycles. The third-order valence-electron chi connectivity index (χ3n) is 3.47. The van der Waals surface area contributed by atoms with Crippen molar-refractivity contribution in [3.05, 3.63) is 29.6 Å². The van der Waals surface area contributed by atoms with Gasteiger partial charge in [-0.3, -0.25) is 0 Å². The molecule has 0 spiro atoms. The Balaban J connectivity index is 2.77. The van der Waals surface area contributed by atoms with E-state index in [9.17, 15) is 9.90 Å². The quantitative estimate of drug-likeness (QED) is 0.880. The van der Waals surface area contributed by atoms with Crippen LogP contribution in [-0.2, 0) is 0 Å². The van der Waals surface area contributed by atoms with Crippen LogP contribution in [0.4, 0.5) is 0 Å². The van der Waals surface area contributed by atoms with Crippen LogP contribution in [-0.4, -0.2) is 32.3 Å². The van der Waals surface area contributed by atoms with Gasteiger partial charge in [0, 0.05) is 18.6 Å². The standard InChI is InChI=1S/C15H20N2O3/c1-9(2)14-16-12-6-4-5-11(15(19)20)13(12)17(14)10(3)7-8-18/h4-6,9-10,18H,7-8H2,1-3H3,(H,19,20). The molecule has 108 valence electrons. The highest BCUT2D eigenvalue weighted by atomic mass is 16.4. The maximum atomic E-state index is 11.4. The number of imidazole rings is 1. The summed E-state index contributed by atoms with van der Waals surface area (Å²) in [7, 11) is 0. The van der Waals surface area contributed by atoms with Gasteiger partial charge in [-0.25, -0.2) is 9.78 Å². The monoisotopic (exact) mass is 276 g/mol. The zero-order valence-electron chi connectivity index (χ0n) is 12.0. The second kappa shape index (κ2) is 5.63. The Labute approximate surface area is 117 Å². The van der Waals surface area contributed by atoms with E-state index >= 15 is 0 Å². The van der Waals surface area contributed by atoms with Crippen molar-refractivity contribution >= 4 is 17.0 Å². The molecule has 1 aromatic carbocycles. The molecule has 1 aromatic heterocycles. The van der Waals surface area contributed by atoms with Gasteiger partial charge in [-0.2, -0.15) is 0 Å². The first-order valence-corrected chi connectivity index (χ1v) is 6.82. The zero-order valence-corrected chi connectivity index (χ0v) is 12.0. The maximum Gasteiger partial charge on any atom is 0.337 e. The summed E-state index contributed by atoms with van der Waals surface area (Å²) in [6.45, 7) is 6.10. The van der Waals surface area contributed by atoms with E-state index in [1.54, 1.807) is 12.1 Å². The minimum absolute atomic E-state index is 0.00269. The first-order chi connectivity index (χ1) is 9.47. The number of carboxylic acids is 1. The van der Waals surface area contributed by atoms with Gasteiger partial charge in [-0.05, 0) is 25.5 Å². The Bertz CT molecular complexity index is 631. The van der Waals surface area contributed by atoms with Crippen LogP contribution in [0.5, 0.6) is 0 Å². The Kier molecular flexibility index (Phi) is 4.09. The lowest BCUT2D eigenvalue weighted by atomic mass is 10.1. The van der Waals surface area contributed by atoms with Gasteiger partial charge in [-0.1, -0.05) is 19.9 Å². The number of aliphatic hydroxyl groups is 1. The van der Waals surface area contributed by atoms with Crippen molar-refractivity contribution in [2.24, 2.45) is 0 Å². The van der Waals surface area contributed by atoms with Crippen LogP contribution < -0.4 is 0 Å². The maximum absolute atomic E-state index is 11.4. The SMILES string of the molecule is CC(C)c1nc2cccc(C(=O)O)c2n1C(C)CCO. The van der Waals surface area contributed by atoms with Crippen LogP contribution in [0, 0.1) is 0 Å². The molecule has 2 aromatic rings. The van der Waals surface area contributed by atoms with Gasteiger partial charge in [-0.15, -0.1) is 0 Å². The van der Waals surface area contributed by atoms with Gasteiger partial charge >= 0.3 is 5.97 Å². The first kappa shape index (κ1) is 14.5. The molecule has 5 nitrogen and oxygen atoms in total. The largest absolute Gasteiger partial charge is 0.478 e. The van der Waals surface area contributed by atoms with Gasteiger partial charge in [0.1, 0.15) is 5.82 Å². The molecular formula is C15H20N2O3. The lowest BCUT2D eigenvalue weighted by Crippen LogP contribution is -2.13. The number of rotatable bonds is 5. The molecule has 1 atom stereocenters. The predicted molar refractivity (Wildman–Crippen MR) is 77.2 cm³/mol. The second-order valence-corrected chi connectivity index (χ2v) is 5.33. The van der Waals surface area contributed by atoms with Crippen molar-refractivity contribution in [1.82, 2.24) is 9.55 Å². The number of para-hydroxylation sites is 1. The van der Waals surface area contributed by atoms with Gasteiger partial charge in [0.2, 0.25) is 0 Å². The number of aliphatic hydroxyl groups excluding tert-OH is 1. The van der Waals surface area contributed by atoms with Crippen molar-refractivity contribution in [3.8, 4) is 0 Å². The fourth-order valence-corrected chi connectivity index (χ4v) is 2.51. The molecule has 0 saturated heterocycles. The lowest BCUT2D eigenvalue weighted by Gasteiger charge is -2.19. The minimum atomic E-state index is -0.955. The van der Waals surface area contributed by atoms with Crippen LogP contribution in [0.3, 0.4) is 0 Å². The van der Waals surface area contributed by atoms with Crippen molar-refractivity contribution in [1.29, 1.82) is 0 Å². The second-order valence-electron chi connectivity index (χ2n) is 5.33. The van der Waals surface area contributed by atoms with E-state index in [0.717, 1.165) is 5.82 Å². The smallest absolute Gasteiger partial charge is 0.337 e. The molecule has 0 aliphatic carbocycles. The number of fused-ring (bicyclic) bond motifs is 1. The molecule has 1 unspecified atom stereocenters. The van der Waals surface area contributed by atoms with Gasteiger partial charge in [0.15, 0.2) is 0 Å². The summed E-state index contributed by atoms with van der Waals surface area (Å²) in [5.41, 5.74) is 1.59. The summed E-state index contributed by atoms with van der Waals surface area (Å²) in [5, 5.41) is 18.5. The number of aromatic carboxylic acids is 1. The van der Waals surface area contributed by atoms with E-state index in [1.165, 1.54) is 0 Å². The highest BCUT2D eigenvalue weighted by Gasteiger charge is 2.22. The van der Waals surface area contributed by atoms with Crippen LogP contribution in [0.2, 0.25) is 0 Å². The molecule has 5 heteroatoms. The molecule has 2 rings (SSSR count). The number of carboxylic acid groups (broad SMARTS) is 1. The molecule has 0 fully saturated rings. The van der Waals surface area contributed by atoms with Crippen molar-refractivity contribution in [2.45, 2.75) is 39.2 Å². The fraction of sp³-hybridized carbons (Fsp3) is 0.467. The average Bonchev–Trinajstić information content (AvgIpc) is 2.78. The van der Waals surface area contributed by atoms with E-state index < -0.39 is 5.97 Å². The highest BCUT2D eigenvalue weighted by Crippen LogP contribution is 2.29. The molecule has 0 aliphatic heterocycles. The van der Waals surface area contributed by atoms with Crippen LogP contribution >= 0.6 is 0 Å². The first-order valence-electron chi connectivity index (χ1n) is 6.82. The number of nitrogens with zero attached hydrogens (tertiary/aromatic N) is 2. The Morgan fingerprint density at radius 2 is 2.05 bits per heavy atom. The third kappa shape index (κ3) is 2.41. The summed E-state index contributed by atoms with van der Waals surface area (Å²) in [6, 6.07) is 5.14. The van der Waals surface area contributed by atoms with Gasteiger partial charge in [0.05, 0.1) is 16.6 Å². The highest BCUT2D eigenvalue weighted by molar-refractivity contribution is 6.01. The fourth-order valence-electron chi connectivity index (χ4n) is 2.51. The third-order valence-corrected chi connectivity index (χ3v) is 3.47. The number of hydrogen-bond donors (Lipinski definition) is 2. The Hall–Kier alpha value is -1.88. The van der Waals surface area contributed by atoms with Crippen LogP contribution in [0.15, 0.2) is 18.2 Å². The molecule has 0 aliphatic rings. The van der Waals surface area contributed by atoms with Crippen molar-refractivity contribution < 1.29 is 15.0 Å². The number of hydrogen-bond acceptors (Lipinski definition) is 3. The summed E-state index contributed by atoms with van der Waals surface area (Å²) >= 11 is 0. The number of benzene rings is 1. The summed E-state index contributed by atoms with van der Waals surface area (Å²) in [4.78, 5) is 16.0. The molecular weight excluding hydrogens is 256 g/mol. The lowest BCUT2D eigenvalue weighted by molar-refractivity contribution is 0.0698. The van der Waals surface area contributed by atoms with E-state index in [0.29, 0.717) is 17.5 Å². The molecule has 0 saturated carbocycles. The molecule has 0 amide bonds. The van der Waals surface area contributed by atoms with Crippen molar-refractivity contribution in [2.75, 3.05) is 6.61 Å². The van der Waals surface area contributed by atoms with Gasteiger partial charge in [0.25, 0.3) is 0 Å². The van der Waals surface area contributed by atoms with E-state index in [1.807, 2.05) is 31.4 Å². The van der Waals surface area contributed by atoms with E-state index in [2.05, 4.69) is 4.98 Å². The van der Waals surface area contributed by atoms with Crippen LogP contribution in [0.25, 0.3) is 11.0 Å². The minimum Gasteiger partial charge on any atom is -0.478 e. The molecule has 0 radical (unpaired) electrons. The topological polar surface area (TPSA) is 75.3 Å². The van der Waals surface area contributed by atoms with E-state index in [4.69, 9.17) is 5.11 Å².